The minimum atomic E-state index is -0.132. The van der Waals surface area contributed by atoms with Crippen LogP contribution in [-0.2, 0) is 11.8 Å². The van der Waals surface area contributed by atoms with Gasteiger partial charge in [-0.1, -0.05) is 22.9 Å². The minimum absolute atomic E-state index is 0.132. The maximum Gasteiger partial charge on any atom is 0.280 e. The van der Waals surface area contributed by atoms with Crippen LogP contribution in [0.4, 0.5) is 5.13 Å². The van der Waals surface area contributed by atoms with Gasteiger partial charge >= 0.3 is 0 Å². The highest BCUT2D eigenvalue weighted by atomic mass is 35.5. The zero-order chi connectivity index (χ0) is 19.5. The van der Waals surface area contributed by atoms with Crippen LogP contribution in [0.1, 0.15) is 16.9 Å². The molecule has 0 unspecified atom stereocenters. The van der Waals surface area contributed by atoms with Crippen molar-refractivity contribution < 1.29 is 9.53 Å². The van der Waals surface area contributed by atoms with Gasteiger partial charge in [-0.25, -0.2) is 4.98 Å². The Hall–Kier alpha value is -2.00. The van der Waals surface area contributed by atoms with Gasteiger partial charge in [0, 0.05) is 44.4 Å². The van der Waals surface area contributed by atoms with Gasteiger partial charge in [-0.2, -0.15) is 5.10 Å². The van der Waals surface area contributed by atoms with Gasteiger partial charge in [-0.05, 0) is 30.7 Å². The van der Waals surface area contributed by atoms with E-state index in [1.165, 1.54) is 11.3 Å². The molecule has 1 fully saturated rings. The number of carbonyl (C=O) groups is 1. The zero-order valence-corrected chi connectivity index (χ0v) is 17.2. The van der Waals surface area contributed by atoms with Gasteiger partial charge < -0.3 is 4.74 Å². The Morgan fingerprint density at radius 1 is 1.32 bits per heavy atom. The van der Waals surface area contributed by atoms with Crippen molar-refractivity contribution in [1.29, 1.82) is 0 Å². The van der Waals surface area contributed by atoms with Gasteiger partial charge in [0.2, 0.25) is 0 Å². The fourth-order valence-electron chi connectivity index (χ4n) is 3.23. The van der Waals surface area contributed by atoms with Crippen LogP contribution >= 0.6 is 22.9 Å². The average Bonchev–Trinajstić information content (AvgIpc) is 3.31. The Morgan fingerprint density at radius 2 is 2.14 bits per heavy atom. The van der Waals surface area contributed by atoms with Crippen LogP contribution < -0.4 is 4.90 Å². The molecule has 7 nitrogen and oxygen atoms in total. The fourth-order valence-corrected chi connectivity index (χ4v) is 4.50. The molecule has 0 aliphatic carbocycles. The Labute approximate surface area is 172 Å². The molecule has 2 aromatic heterocycles. The molecule has 0 N–H and O–H groups in total. The van der Waals surface area contributed by atoms with E-state index < -0.39 is 0 Å². The zero-order valence-electron chi connectivity index (χ0n) is 15.7. The lowest BCUT2D eigenvalue weighted by Crippen LogP contribution is -2.39. The maximum absolute atomic E-state index is 13.1. The normalized spacial score (nSPS) is 15.2. The standard InChI is InChI=1S/C19H22ClN5O2S/c1-23-8-5-16(22-23)18(26)25(7-2-6-24-9-11-27-12-10-24)19-21-15-4-3-14(20)13-17(15)28-19/h3-5,8,13H,2,6-7,9-12H2,1H3. The van der Waals surface area contributed by atoms with Crippen molar-refractivity contribution in [2.45, 2.75) is 6.42 Å². The average molecular weight is 420 g/mol. The van der Waals surface area contributed by atoms with E-state index in [0.29, 0.717) is 22.4 Å². The van der Waals surface area contributed by atoms with E-state index in [0.717, 1.165) is 49.5 Å². The van der Waals surface area contributed by atoms with E-state index in [9.17, 15) is 4.79 Å². The topological polar surface area (TPSA) is 63.5 Å². The van der Waals surface area contributed by atoms with Gasteiger partial charge in [0.25, 0.3) is 5.91 Å². The van der Waals surface area contributed by atoms with Crippen molar-refractivity contribution in [2.75, 3.05) is 44.3 Å². The van der Waals surface area contributed by atoms with Crippen LogP contribution in [0.25, 0.3) is 10.2 Å². The molecule has 28 heavy (non-hydrogen) atoms. The number of carbonyl (C=O) groups excluding carboxylic acids is 1. The molecule has 3 heterocycles. The number of rotatable bonds is 6. The summed E-state index contributed by atoms with van der Waals surface area (Å²) in [6.07, 6.45) is 2.63. The highest BCUT2D eigenvalue weighted by Crippen LogP contribution is 2.31. The SMILES string of the molecule is Cn1ccc(C(=O)N(CCCN2CCOCC2)c2nc3ccc(Cl)cc3s2)n1. The van der Waals surface area contributed by atoms with Crippen LogP contribution in [0, 0.1) is 0 Å². The second kappa shape index (κ2) is 8.57. The van der Waals surface area contributed by atoms with Gasteiger partial charge in [-0.15, -0.1) is 0 Å². The molecule has 0 saturated carbocycles. The summed E-state index contributed by atoms with van der Waals surface area (Å²) in [4.78, 5) is 21.9. The molecule has 0 spiro atoms. The molecular weight excluding hydrogens is 398 g/mol. The molecule has 148 valence electrons. The number of fused-ring (bicyclic) bond motifs is 1. The molecule has 1 aliphatic rings. The van der Waals surface area contributed by atoms with Crippen molar-refractivity contribution in [2.24, 2.45) is 7.05 Å². The second-order valence-electron chi connectivity index (χ2n) is 6.75. The molecule has 0 atom stereocenters. The number of aryl methyl sites for hydroxylation is 1. The predicted octanol–water partition coefficient (Wildman–Crippen LogP) is 3.05. The van der Waals surface area contributed by atoms with Crippen molar-refractivity contribution in [3.05, 3.63) is 41.2 Å². The number of anilines is 1. The van der Waals surface area contributed by atoms with Crippen molar-refractivity contribution in [3.63, 3.8) is 0 Å². The van der Waals surface area contributed by atoms with Gasteiger partial charge in [-0.3, -0.25) is 19.3 Å². The Kier molecular flexibility index (Phi) is 5.91. The number of ether oxygens (including phenoxy) is 1. The first-order chi connectivity index (χ1) is 13.6. The smallest absolute Gasteiger partial charge is 0.280 e. The molecule has 0 bridgehead atoms. The highest BCUT2D eigenvalue weighted by molar-refractivity contribution is 7.22. The first-order valence-corrected chi connectivity index (χ1v) is 10.5. The quantitative estimate of drug-likeness (QED) is 0.614. The number of hydrogen-bond acceptors (Lipinski definition) is 6. The summed E-state index contributed by atoms with van der Waals surface area (Å²) in [5.41, 5.74) is 1.27. The van der Waals surface area contributed by atoms with E-state index in [1.807, 2.05) is 18.2 Å². The van der Waals surface area contributed by atoms with Crippen molar-refractivity contribution in [1.82, 2.24) is 19.7 Å². The Bertz CT molecular complexity index is 966. The number of benzene rings is 1. The maximum atomic E-state index is 13.1. The van der Waals surface area contributed by atoms with Crippen molar-refractivity contribution in [3.8, 4) is 0 Å². The minimum Gasteiger partial charge on any atom is -0.379 e. The van der Waals surface area contributed by atoms with E-state index in [2.05, 4.69) is 15.0 Å². The lowest BCUT2D eigenvalue weighted by atomic mass is 10.3. The lowest BCUT2D eigenvalue weighted by Gasteiger charge is -2.27. The summed E-state index contributed by atoms with van der Waals surface area (Å²) >= 11 is 7.58. The van der Waals surface area contributed by atoms with Crippen LogP contribution in [0.3, 0.4) is 0 Å². The molecule has 0 radical (unpaired) electrons. The van der Waals surface area contributed by atoms with Crippen LogP contribution in [-0.4, -0.2) is 65.0 Å². The van der Waals surface area contributed by atoms with Crippen LogP contribution in [0.2, 0.25) is 5.02 Å². The lowest BCUT2D eigenvalue weighted by molar-refractivity contribution is 0.0376. The first kappa shape index (κ1) is 19.3. The number of amides is 1. The second-order valence-corrected chi connectivity index (χ2v) is 8.19. The number of morpholine rings is 1. The Morgan fingerprint density at radius 3 is 2.89 bits per heavy atom. The van der Waals surface area contributed by atoms with Gasteiger partial charge in [0.05, 0.1) is 23.4 Å². The Balaban J connectivity index is 1.55. The summed E-state index contributed by atoms with van der Waals surface area (Å²) in [7, 11) is 1.80. The van der Waals surface area contributed by atoms with E-state index in [1.54, 1.807) is 28.9 Å². The molecule has 3 aromatic rings. The number of thiazole rings is 1. The van der Waals surface area contributed by atoms with E-state index in [-0.39, 0.29) is 5.91 Å². The number of hydrogen-bond donors (Lipinski definition) is 0. The third-order valence-corrected chi connectivity index (χ3v) is 5.98. The molecule has 9 heteroatoms. The predicted molar refractivity (Wildman–Crippen MR) is 111 cm³/mol. The van der Waals surface area contributed by atoms with Crippen LogP contribution in [0.5, 0.6) is 0 Å². The summed E-state index contributed by atoms with van der Waals surface area (Å²) in [5, 5.41) is 5.62. The van der Waals surface area contributed by atoms with Gasteiger partial charge in [0.15, 0.2) is 10.8 Å². The van der Waals surface area contributed by atoms with Crippen LogP contribution in [0.15, 0.2) is 30.5 Å². The monoisotopic (exact) mass is 419 g/mol. The summed E-state index contributed by atoms with van der Waals surface area (Å²) < 4.78 is 8.01. The molecule has 1 amide bonds. The highest BCUT2D eigenvalue weighted by Gasteiger charge is 2.23. The number of halogens is 1. The van der Waals surface area contributed by atoms with E-state index in [4.69, 9.17) is 16.3 Å². The molecule has 1 saturated heterocycles. The summed E-state index contributed by atoms with van der Waals surface area (Å²) in [6.45, 7) is 4.93. The molecule has 1 aliphatic heterocycles. The molecular formula is C19H22ClN5O2S. The summed E-state index contributed by atoms with van der Waals surface area (Å²) in [5.74, 6) is -0.132. The van der Waals surface area contributed by atoms with E-state index >= 15 is 0 Å². The first-order valence-electron chi connectivity index (χ1n) is 9.28. The van der Waals surface area contributed by atoms with Gasteiger partial charge in [0.1, 0.15) is 0 Å². The fraction of sp³-hybridized carbons (Fsp3) is 0.421. The summed E-state index contributed by atoms with van der Waals surface area (Å²) in [6, 6.07) is 7.32. The van der Waals surface area contributed by atoms with Crippen molar-refractivity contribution >= 4 is 44.2 Å². The molecule has 1 aromatic carbocycles. The number of aromatic nitrogens is 3. The largest absolute Gasteiger partial charge is 0.379 e. The third-order valence-electron chi connectivity index (χ3n) is 4.71. The third kappa shape index (κ3) is 4.35. The molecule has 4 rings (SSSR count). The number of nitrogens with zero attached hydrogens (tertiary/aromatic N) is 5.